The van der Waals surface area contributed by atoms with Crippen molar-refractivity contribution >= 4 is 15.9 Å². The normalized spacial score (nSPS) is 13.8. The number of amides is 1. The predicted octanol–water partition coefficient (Wildman–Crippen LogP) is 3.42. The van der Waals surface area contributed by atoms with Gasteiger partial charge in [-0.25, -0.2) is 8.42 Å². The Kier molecular flexibility index (Phi) is 7.38. The lowest BCUT2D eigenvalue weighted by atomic mass is 10.1. The van der Waals surface area contributed by atoms with Gasteiger partial charge in [0.25, 0.3) is 0 Å². The Bertz CT molecular complexity index is 901. The van der Waals surface area contributed by atoms with Crippen LogP contribution in [0.15, 0.2) is 47.4 Å². The fourth-order valence-corrected chi connectivity index (χ4v) is 4.97. The van der Waals surface area contributed by atoms with E-state index < -0.39 is 16.1 Å². The molecule has 0 saturated heterocycles. The summed E-state index contributed by atoms with van der Waals surface area (Å²) in [7, 11) is -3.86. The molecule has 2 aromatic rings. The Morgan fingerprint density at radius 3 is 2.14 bits per heavy atom. The molecule has 0 saturated carbocycles. The molecule has 0 aliphatic rings. The molecular formula is C22H30N2O3S. The molecule has 5 nitrogen and oxygen atoms in total. The summed E-state index contributed by atoms with van der Waals surface area (Å²) >= 11 is 0. The van der Waals surface area contributed by atoms with Crippen LogP contribution >= 0.6 is 0 Å². The number of carbonyl (C=O) groups excluding carboxylic acids is 1. The molecule has 2 N–H and O–H groups in total. The molecule has 0 fully saturated rings. The van der Waals surface area contributed by atoms with Gasteiger partial charge >= 0.3 is 0 Å². The fourth-order valence-electron chi connectivity index (χ4n) is 3.32. The Hall–Kier alpha value is -2.18. The van der Waals surface area contributed by atoms with E-state index in [-0.39, 0.29) is 23.3 Å². The van der Waals surface area contributed by atoms with Crippen molar-refractivity contribution in [2.24, 2.45) is 0 Å². The van der Waals surface area contributed by atoms with Crippen LogP contribution in [-0.2, 0) is 21.2 Å². The Balaban J connectivity index is 2.36. The van der Waals surface area contributed by atoms with Gasteiger partial charge in [0.1, 0.15) is 6.04 Å². The van der Waals surface area contributed by atoms with Crippen LogP contribution in [0.5, 0.6) is 0 Å². The zero-order valence-electron chi connectivity index (χ0n) is 17.2. The first kappa shape index (κ1) is 22.1. The molecule has 1 amide bonds. The molecule has 0 aliphatic heterocycles. The minimum absolute atomic E-state index is 0.0295. The van der Waals surface area contributed by atoms with E-state index in [4.69, 9.17) is 0 Å². The molecule has 0 spiro atoms. The highest BCUT2D eigenvalue weighted by Gasteiger charge is 2.28. The lowest BCUT2D eigenvalue weighted by Gasteiger charge is -2.22. The van der Waals surface area contributed by atoms with Crippen molar-refractivity contribution in [1.29, 1.82) is 0 Å². The van der Waals surface area contributed by atoms with E-state index >= 15 is 0 Å². The van der Waals surface area contributed by atoms with Gasteiger partial charge in [0.2, 0.25) is 15.9 Å². The number of hydrogen-bond acceptors (Lipinski definition) is 3. The first-order chi connectivity index (χ1) is 13.1. The molecule has 2 rings (SSSR count). The average molecular weight is 403 g/mol. The van der Waals surface area contributed by atoms with Gasteiger partial charge in [-0.2, -0.15) is 4.72 Å². The molecule has 0 aliphatic carbocycles. The van der Waals surface area contributed by atoms with Gasteiger partial charge in [-0.15, -0.1) is 0 Å². The second-order valence-electron chi connectivity index (χ2n) is 7.41. The number of nitrogens with one attached hydrogen (secondary N) is 2. The van der Waals surface area contributed by atoms with Crippen LogP contribution in [-0.4, -0.2) is 26.4 Å². The monoisotopic (exact) mass is 402 g/mol. The van der Waals surface area contributed by atoms with Crippen molar-refractivity contribution in [1.82, 2.24) is 10.0 Å². The number of sulfonamides is 1. The van der Waals surface area contributed by atoms with Gasteiger partial charge in [0.05, 0.1) is 4.90 Å². The average Bonchev–Trinajstić information content (AvgIpc) is 2.60. The highest BCUT2D eigenvalue weighted by atomic mass is 32.2. The lowest BCUT2D eigenvalue weighted by molar-refractivity contribution is -0.123. The van der Waals surface area contributed by atoms with E-state index in [1.165, 1.54) is 0 Å². The number of carbonyl (C=O) groups is 1. The zero-order valence-corrected chi connectivity index (χ0v) is 18.1. The summed E-state index contributed by atoms with van der Waals surface area (Å²) in [5.74, 6) is -0.316. The van der Waals surface area contributed by atoms with Crippen molar-refractivity contribution in [3.8, 4) is 0 Å². The quantitative estimate of drug-likeness (QED) is 0.710. The SMILES string of the molecule is CC[C@H](C)NC(=O)[C@@H](Cc1ccccc1)NS(=O)(=O)c1c(C)cc(C)cc1C. The van der Waals surface area contributed by atoms with E-state index in [1.54, 1.807) is 13.8 Å². The molecule has 0 unspecified atom stereocenters. The van der Waals surface area contributed by atoms with Crippen molar-refractivity contribution in [2.45, 2.75) is 64.4 Å². The van der Waals surface area contributed by atoms with E-state index in [0.29, 0.717) is 11.1 Å². The molecular weight excluding hydrogens is 372 g/mol. The van der Waals surface area contributed by atoms with E-state index in [0.717, 1.165) is 17.5 Å². The van der Waals surface area contributed by atoms with Crippen LogP contribution in [0.25, 0.3) is 0 Å². The summed E-state index contributed by atoms with van der Waals surface area (Å²) in [4.78, 5) is 13.1. The minimum Gasteiger partial charge on any atom is -0.352 e. The van der Waals surface area contributed by atoms with Crippen LogP contribution in [0.3, 0.4) is 0 Å². The Morgan fingerprint density at radius 2 is 1.61 bits per heavy atom. The molecule has 0 aromatic heterocycles. The molecule has 6 heteroatoms. The molecule has 0 radical (unpaired) electrons. The summed E-state index contributed by atoms with van der Waals surface area (Å²) in [5.41, 5.74) is 3.24. The van der Waals surface area contributed by atoms with E-state index in [9.17, 15) is 13.2 Å². The van der Waals surface area contributed by atoms with E-state index in [1.807, 2.05) is 63.2 Å². The molecule has 0 bridgehead atoms. The Labute approximate surface area is 168 Å². The first-order valence-electron chi connectivity index (χ1n) is 9.58. The lowest BCUT2D eigenvalue weighted by Crippen LogP contribution is -2.50. The van der Waals surface area contributed by atoms with Crippen LogP contribution in [0.1, 0.15) is 42.5 Å². The van der Waals surface area contributed by atoms with Gasteiger partial charge < -0.3 is 5.32 Å². The maximum atomic E-state index is 13.2. The summed E-state index contributed by atoms with van der Waals surface area (Å²) in [5, 5.41) is 2.90. The molecule has 2 aromatic carbocycles. The van der Waals surface area contributed by atoms with Crippen molar-refractivity contribution < 1.29 is 13.2 Å². The fraction of sp³-hybridized carbons (Fsp3) is 0.409. The Morgan fingerprint density at radius 1 is 1.04 bits per heavy atom. The predicted molar refractivity (Wildman–Crippen MR) is 113 cm³/mol. The van der Waals surface area contributed by atoms with Gasteiger partial charge in [0, 0.05) is 6.04 Å². The van der Waals surface area contributed by atoms with Crippen molar-refractivity contribution in [3.63, 3.8) is 0 Å². The number of aryl methyl sites for hydroxylation is 3. The molecule has 28 heavy (non-hydrogen) atoms. The van der Waals surface area contributed by atoms with Crippen LogP contribution < -0.4 is 10.0 Å². The highest BCUT2D eigenvalue weighted by Crippen LogP contribution is 2.22. The van der Waals surface area contributed by atoms with Crippen molar-refractivity contribution in [3.05, 3.63) is 64.7 Å². The van der Waals surface area contributed by atoms with Gasteiger partial charge in [-0.1, -0.05) is 55.0 Å². The van der Waals surface area contributed by atoms with Crippen LogP contribution in [0.2, 0.25) is 0 Å². The topological polar surface area (TPSA) is 75.3 Å². The summed E-state index contributed by atoms with van der Waals surface area (Å²) < 4.78 is 29.0. The maximum absolute atomic E-state index is 13.2. The van der Waals surface area contributed by atoms with Crippen LogP contribution in [0, 0.1) is 20.8 Å². The summed E-state index contributed by atoms with van der Waals surface area (Å²) in [6, 6.07) is 12.2. The standard InChI is InChI=1S/C22H30N2O3S/c1-6-18(5)23-22(25)20(14-19-10-8-7-9-11-19)24-28(26,27)21-16(3)12-15(2)13-17(21)4/h7-13,18,20,24H,6,14H2,1-5H3,(H,23,25)/t18-,20+/m0/s1. The van der Waals surface area contributed by atoms with Crippen LogP contribution in [0.4, 0.5) is 0 Å². The molecule has 152 valence electrons. The second kappa shape index (κ2) is 9.34. The molecule has 2 atom stereocenters. The zero-order chi connectivity index (χ0) is 20.9. The summed E-state index contributed by atoms with van der Waals surface area (Å²) in [6.45, 7) is 9.36. The largest absolute Gasteiger partial charge is 0.352 e. The third-order valence-corrected chi connectivity index (χ3v) is 6.55. The highest BCUT2D eigenvalue weighted by molar-refractivity contribution is 7.89. The minimum atomic E-state index is -3.86. The summed E-state index contributed by atoms with van der Waals surface area (Å²) in [6.07, 6.45) is 1.05. The third kappa shape index (κ3) is 5.66. The number of rotatable bonds is 8. The smallest absolute Gasteiger partial charge is 0.241 e. The van der Waals surface area contributed by atoms with E-state index in [2.05, 4.69) is 10.0 Å². The third-order valence-electron chi connectivity index (χ3n) is 4.77. The van der Waals surface area contributed by atoms with Crippen molar-refractivity contribution in [2.75, 3.05) is 0 Å². The number of hydrogen-bond donors (Lipinski definition) is 2. The van der Waals surface area contributed by atoms with Gasteiger partial charge in [-0.3, -0.25) is 4.79 Å². The number of benzene rings is 2. The van der Waals surface area contributed by atoms with Gasteiger partial charge in [0.15, 0.2) is 0 Å². The maximum Gasteiger partial charge on any atom is 0.241 e. The van der Waals surface area contributed by atoms with Gasteiger partial charge in [-0.05, 0) is 57.2 Å². The second-order valence-corrected chi connectivity index (χ2v) is 9.06. The molecule has 0 heterocycles. The first-order valence-corrected chi connectivity index (χ1v) is 11.1.